The second-order valence-corrected chi connectivity index (χ2v) is 5.95. The minimum atomic E-state index is -0.444. The van der Waals surface area contributed by atoms with Crippen molar-refractivity contribution >= 4 is 0 Å². The van der Waals surface area contributed by atoms with E-state index >= 15 is 0 Å². The summed E-state index contributed by atoms with van der Waals surface area (Å²) in [6.07, 6.45) is 3.09. The van der Waals surface area contributed by atoms with Gasteiger partial charge in [-0.2, -0.15) is 0 Å². The van der Waals surface area contributed by atoms with Crippen LogP contribution in [0, 0.1) is 17.8 Å². The summed E-state index contributed by atoms with van der Waals surface area (Å²) in [7, 11) is 0. The number of hydrogen-bond acceptors (Lipinski definition) is 2. The maximum Gasteiger partial charge on any atom is 0.0774 e. The molecule has 0 saturated heterocycles. The first-order chi connectivity index (χ1) is 6.93. The standard InChI is InChI=1S/C13H27NO/c1-10(2)8-14-9-13(15)6-5-11(3)12(4)7-13/h10-12,14-15H,5-9H2,1-4H3. The Morgan fingerprint density at radius 2 is 2.00 bits per heavy atom. The molecule has 1 saturated carbocycles. The van der Waals surface area contributed by atoms with Crippen molar-refractivity contribution in [2.45, 2.75) is 52.6 Å². The van der Waals surface area contributed by atoms with Gasteiger partial charge in [0.05, 0.1) is 5.60 Å². The van der Waals surface area contributed by atoms with Crippen LogP contribution in [-0.2, 0) is 0 Å². The van der Waals surface area contributed by atoms with E-state index in [0.29, 0.717) is 11.8 Å². The predicted molar refractivity (Wildman–Crippen MR) is 64.8 cm³/mol. The molecule has 3 unspecified atom stereocenters. The van der Waals surface area contributed by atoms with Crippen LogP contribution in [-0.4, -0.2) is 23.8 Å². The molecule has 90 valence electrons. The fraction of sp³-hybridized carbons (Fsp3) is 1.00. The van der Waals surface area contributed by atoms with E-state index in [0.717, 1.165) is 31.8 Å². The van der Waals surface area contributed by atoms with E-state index in [1.807, 2.05) is 0 Å². The van der Waals surface area contributed by atoms with Crippen LogP contribution in [0.1, 0.15) is 47.0 Å². The van der Waals surface area contributed by atoms with Crippen LogP contribution >= 0.6 is 0 Å². The molecular formula is C13H27NO. The molecule has 1 aliphatic carbocycles. The molecule has 0 spiro atoms. The van der Waals surface area contributed by atoms with Crippen molar-refractivity contribution in [3.05, 3.63) is 0 Å². The quantitative estimate of drug-likeness (QED) is 0.751. The molecule has 0 amide bonds. The van der Waals surface area contributed by atoms with Crippen molar-refractivity contribution in [2.24, 2.45) is 17.8 Å². The van der Waals surface area contributed by atoms with Gasteiger partial charge >= 0.3 is 0 Å². The van der Waals surface area contributed by atoms with Gasteiger partial charge in [-0.3, -0.25) is 0 Å². The van der Waals surface area contributed by atoms with Crippen LogP contribution in [0.25, 0.3) is 0 Å². The zero-order chi connectivity index (χ0) is 11.5. The van der Waals surface area contributed by atoms with Gasteiger partial charge in [0.15, 0.2) is 0 Å². The van der Waals surface area contributed by atoms with E-state index in [1.165, 1.54) is 6.42 Å². The average molecular weight is 213 g/mol. The third-order valence-corrected chi connectivity index (χ3v) is 3.75. The first-order valence-corrected chi connectivity index (χ1v) is 6.36. The summed E-state index contributed by atoms with van der Waals surface area (Å²) in [5.41, 5.74) is -0.444. The molecule has 0 aromatic heterocycles. The van der Waals surface area contributed by atoms with Crippen LogP contribution in [0.15, 0.2) is 0 Å². The Hall–Kier alpha value is -0.0800. The Bertz CT molecular complexity index is 193. The Kier molecular flexibility index (Phi) is 4.60. The molecule has 0 radical (unpaired) electrons. The summed E-state index contributed by atoms with van der Waals surface area (Å²) < 4.78 is 0. The summed E-state index contributed by atoms with van der Waals surface area (Å²) in [6, 6.07) is 0. The van der Waals surface area contributed by atoms with E-state index in [4.69, 9.17) is 0 Å². The first kappa shape index (κ1) is 13.0. The van der Waals surface area contributed by atoms with Crippen molar-refractivity contribution in [3.63, 3.8) is 0 Å². The normalized spacial score (nSPS) is 37.2. The molecule has 0 aromatic rings. The highest BCUT2D eigenvalue weighted by atomic mass is 16.3. The zero-order valence-electron chi connectivity index (χ0n) is 10.7. The number of aliphatic hydroxyl groups is 1. The van der Waals surface area contributed by atoms with Gasteiger partial charge in [0.2, 0.25) is 0 Å². The van der Waals surface area contributed by atoms with Gasteiger partial charge in [-0.15, -0.1) is 0 Å². The highest BCUT2D eigenvalue weighted by molar-refractivity contribution is 4.89. The van der Waals surface area contributed by atoms with E-state index in [9.17, 15) is 5.11 Å². The molecule has 3 atom stereocenters. The lowest BCUT2D eigenvalue weighted by atomic mass is 9.73. The maximum atomic E-state index is 10.4. The topological polar surface area (TPSA) is 32.3 Å². The van der Waals surface area contributed by atoms with E-state index < -0.39 is 5.60 Å². The van der Waals surface area contributed by atoms with Gasteiger partial charge in [-0.05, 0) is 43.6 Å². The van der Waals surface area contributed by atoms with Gasteiger partial charge in [0.1, 0.15) is 0 Å². The molecule has 2 N–H and O–H groups in total. The number of nitrogens with one attached hydrogen (secondary N) is 1. The van der Waals surface area contributed by atoms with Crippen LogP contribution < -0.4 is 5.32 Å². The molecule has 2 nitrogen and oxygen atoms in total. The minimum Gasteiger partial charge on any atom is -0.389 e. The second-order valence-electron chi connectivity index (χ2n) is 5.95. The molecule has 1 aliphatic rings. The van der Waals surface area contributed by atoms with Gasteiger partial charge < -0.3 is 10.4 Å². The Labute approximate surface area is 94.5 Å². The van der Waals surface area contributed by atoms with Crippen molar-refractivity contribution in [1.82, 2.24) is 5.32 Å². The summed E-state index contributed by atoms with van der Waals surface area (Å²) >= 11 is 0. The minimum absolute atomic E-state index is 0.444. The fourth-order valence-electron chi connectivity index (χ4n) is 2.44. The fourth-order valence-corrected chi connectivity index (χ4v) is 2.44. The van der Waals surface area contributed by atoms with Gasteiger partial charge in [0, 0.05) is 6.54 Å². The molecule has 2 heteroatoms. The van der Waals surface area contributed by atoms with Gasteiger partial charge in [0.25, 0.3) is 0 Å². The lowest BCUT2D eigenvalue weighted by Gasteiger charge is -2.39. The molecule has 0 heterocycles. The van der Waals surface area contributed by atoms with Crippen LogP contribution in [0.4, 0.5) is 0 Å². The van der Waals surface area contributed by atoms with E-state index in [1.54, 1.807) is 0 Å². The molecule has 1 fully saturated rings. The smallest absolute Gasteiger partial charge is 0.0774 e. The lowest BCUT2D eigenvalue weighted by Crippen LogP contribution is -2.46. The molecular weight excluding hydrogens is 186 g/mol. The highest BCUT2D eigenvalue weighted by Crippen LogP contribution is 2.35. The van der Waals surface area contributed by atoms with Crippen LogP contribution in [0.3, 0.4) is 0 Å². The van der Waals surface area contributed by atoms with Crippen LogP contribution in [0.5, 0.6) is 0 Å². The Morgan fingerprint density at radius 3 is 2.53 bits per heavy atom. The largest absolute Gasteiger partial charge is 0.389 e. The molecule has 0 aromatic carbocycles. The van der Waals surface area contributed by atoms with Gasteiger partial charge in [-0.1, -0.05) is 27.7 Å². The summed E-state index contributed by atoms with van der Waals surface area (Å²) in [4.78, 5) is 0. The van der Waals surface area contributed by atoms with Crippen molar-refractivity contribution < 1.29 is 5.11 Å². The van der Waals surface area contributed by atoms with Crippen molar-refractivity contribution in [2.75, 3.05) is 13.1 Å². The monoisotopic (exact) mass is 213 g/mol. The maximum absolute atomic E-state index is 10.4. The predicted octanol–water partition coefficient (Wildman–Crippen LogP) is 2.42. The van der Waals surface area contributed by atoms with E-state index in [-0.39, 0.29) is 0 Å². The second kappa shape index (κ2) is 5.31. The average Bonchev–Trinajstić information content (AvgIpc) is 2.11. The van der Waals surface area contributed by atoms with Crippen molar-refractivity contribution in [1.29, 1.82) is 0 Å². The third-order valence-electron chi connectivity index (χ3n) is 3.75. The molecule has 0 aliphatic heterocycles. The summed E-state index contributed by atoms with van der Waals surface area (Å²) in [5.74, 6) is 2.09. The Morgan fingerprint density at radius 1 is 1.33 bits per heavy atom. The molecule has 0 bridgehead atoms. The molecule has 1 rings (SSSR count). The number of rotatable bonds is 4. The van der Waals surface area contributed by atoms with Crippen LogP contribution in [0.2, 0.25) is 0 Å². The molecule has 15 heavy (non-hydrogen) atoms. The first-order valence-electron chi connectivity index (χ1n) is 6.36. The van der Waals surface area contributed by atoms with E-state index in [2.05, 4.69) is 33.0 Å². The lowest BCUT2D eigenvalue weighted by molar-refractivity contribution is -0.0273. The van der Waals surface area contributed by atoms with Crippen molar-refractivity contribution in [3.8, 4) is 0 Å². The Balaban J connectivity index is 2.32. The number of hydrogen-bond donors (Lipinski definition) is 2. The summed E-state index contributed by atoms with van der Waals surface area (Å²) in [5, 5.41) is 13.8. The van der Waals surface area contributed by atoms with Gasteiger partial charge in [-0.25, -0.2) is 0 Å². The highest BCUT2D eigenvalue weighted by Gasteiger charge is 2.35. The zero-order valence-corrected chi connectivity index (χ0v) is 10.7. The summed E-state index contributed by atoms with van der Waals surface area (Å²) in [6.45, 7) is 10.7. The SMILES string of the molecule is CC(C)CNCC1(O)CCC(C)C(C)C1. The third kappa shape index (κ3) is 4.12.